The van der Waals surface area contributed by atoms with Crippen molar-refractivity contribution < 1.29 is 22.6 Å². The van der Waals surface area contributed by atoms with E-state index >= 15 is 0 Å². The van der Waals surface area contributed by atoms with Gasteiger partial charge in [0.05, 0.1) is 11.0 Å². The van der Waals surface area contributed by atoms with Gasteiger partial charge >= 0.3 is 11.9 Å². The van der Waals surface area contributed by atoms with E-state index in [2.05, 4.69) is 9.88 Å². The van der Waals surface area contributed by atoms with Crippen LogP contribution in [0.3, 0.4) is 0 Å². The lowest BCUT2D eigenvalue weighted by atomic mass is 9.99. The molecule has 3 heterocycles. The molecule has 0 spiro atoms. The average Bonchev–Trinajstić information content (AvgIpc) is 3.01. The molecule has 0 atom stereocenters. The van der Waals surface area contributed by atoms with E-state index in [1.165, 1.54) is 12.1 Å². The Bertz CT molecular complexity index is 869. The molecule has 4 rings (SSSR count). The summed E-state index contributed by atoms with van der Waals surface area (Å²) in [4.78, 5) is 17.8. The quantitative estimate of drug-likeness (QED) is 0.798. The Morgan fingerprint density at radius 3 is 2.45 bits per heavy atom. The molecule has 6 nitrogen and oxygen atoms in total. The summed E-state index contributed by atoms with van der Waals surface area (Å²) in [5, 5.41) is 0. The molecule has 1 aromatic heterocycles. The number of halogens is 4. The maximum absolute atomic E-state index is 12.5. The fourth-order valence-electron chi connectivity index (χ4n) is 4.28. The van der Waals surface area contributed by atoms with Crippen molar-refractivity contribution in [3.63, 3.8) is 0 Å². The van der Waals surface area contributed by atoms with E-state index in [0.29, 0.717) is 17.1 Å². The summed E-state index contributed by atoms with van der Waals surface area (Å²) in [5.74, 6) is 0.109. The van der Waals surface area contributed by atoms with Crippen LogP contribution in [0.5, 0.6) is 5.75 Å². The first-order valence-corrected chi connectivity index (χ1v) is 9.66. The lowest BCUT2D eigenvalue weighted by molar-refractivity contribution is -0.153. The number of hydrogen-bond acceptors (Lipinski definition) is 4. The van der Waals surface area contributed by atoms with E-state index in [1.54, 1.807) is 10.6 Å². The second kappa shape index (κ2) is 8.97. The van der Waals surface area contributed by atoms with Crippen molar-refractivity contribution in [1.82, 2.24) is 14.5 Å². The minimum Gasteiger partial charge on any atom is -0.484 e. The Balaban J connectivity index is 0.00000240. The van der Waals surface area contributed by atoms with Crippen molar-refractivity contribution in [2.75, 3.05) is 32.9 Å². The number of H-pyrrole nitrogens is 1. The summed E-state index contributed by atoms with van der Waals surface area (Å²) >= 11 is 0. The summed E-state index contributed by atoms with van der Waals surface area (Å²) < 4.78 is 49.2. The molecule has 0 bridgehead atoms. The van der Waals surface area contributed by atoms with E-state index < -0.39 is 12.8 Å². The van der Waals surface area contributed by atoms with Gasteiger partial charge in [-0.1, -0.05) is 0 Å². The third-order valence-corrected chi connectivity index (χ3v) is 5.66. The molecular weight excluding hydrogens is 411 g/mol. The van der Waals surface area contributed by atoms with Gasteiger partial charge in [-0.3, -0.25) is 4.57 Å². The molecule has 162 valence electrons. The predicted molar refractivity (Wildman–Crippen MR) is 105 cm³/mol. The summed E-state index contributed by atoms with van der Waals surface area (Å²) in [7, 11) is 0. The molecule has 1 aromatic carbocycles. The molecule has 2 saturated heterocycles. The molecule has 2 aromatic rings. The zero-order chi connectivity index (χ0) is 19.7. The van der Waals surface area contributed by atoms with Crippen LogP contribution >= 0.6 is 12.4 Å². The number of imidazole rings is 1. The van der Waals surface area contributed by atoms with Crippen LogP contribution in [0.15, 0.2) is 23.0 Å². The van der Waals surface area contributed by atoms with Gasteiger partial charge in [-0.05, 0) is 37.8 Å². The van der Waals surface area contributed by atoms with Crippen molar-refractivity contribution >= 4 is 23.4 Å². The third kappa shape index (κ3) is 5.07. The highest BCUT2D eigenvalue weighted by atomic mass is 35.5. The Morgan fingerprint density at radius 2 is 1.79 bits per heavy atom. The molecule has 2 aliphatic heterocycles. The first-order valence-electron chi connectivity index (χ1n) is 9.66. The molecule has 10 heteroatoms. The Labute approximate surface area is 172 Å². The van der Waals surface area contributed by atoms with Crippen molar-refractivity contribution in [2.45, 2.75) is 43.9 Å². The number of piperidine rings is 1. The highest BCUT2D eigenvalue weighted by Gasteiger charge is 2.30. The van der Waals surface area contributed by atoms with Crippen LogP contribution in [0.4, 0.5) is 13.2 Å². The fourth-order valence-corrected chi connectivity index (χ4v) is 4.28. The fraction of sp³-hybridized carbons (Fsp3) is 0.632. The number of nitrogens with zero attached hydrogens (tertiary/aromatic N) is 2. The molecule has 2 fully saturated rings. The van der Waals surface area contributed by atoms with Crippen LogP contribution in [0.1, 0.15) is 31.7 Å². The molecule has 0 radical (unpaired) electrons. The van der Waals surface area contributed by atoms with Crippen molar-refractivity contribution in [1.29, 1.82) is 0 Å². The molecule has 0 saturated carbocycles. The molecule has 2 aliphatic rings. The number of nitrogens with one attached hydrogen (secondary N) is 1. The number of aromatic amines is 1. The smallest absolute Gasteiger partial charge is 0.422 e. The van der Waals surface area contributed by atoms with Gasteiger partial charge in [0.2, 0.25) is 0 Å². The van der Waals surface area contributed by atoms with E-state index in [4.69, 9.17) is 9.47 Å². The standard InChI is InChI=1S/C19H24F3N3O3.ClH/c20-19(21,22)12-28-15-1-2-16-17(11-15)25(18(26)23-16)14-3-7-24(8-4-14)13-5-9-27-10-6-13;/h1-2,11,13-14H,3-10,12H2,(H,23,26);1H. The zero-order valence-corrected chi connectivity index (χ0v) is 16.7. The number of likely N-dealkylation sites (tertiary alicyclic amines) is 1. The van der Waals surface area contributed by atoms with Crippen LogP contribution in [-0.4, -0.2) is 59.6 Å². The summed E-state index contributed by atoms with van der Waals surface area (Å²) in [6.45, 7) is 2.05. The number of rotatable bonds is 4. The molecule has 1 N–H and O–H groups in total. The summed E-state index contributed by atoms with van der Waals surface area (Å²) in [6.07, 6.45) is -0.658. The van der Waals surface area contributed by atoms with Gasteiger partial charge in [0.1, 0.15) is 5.75 Å². The van der Waals surface area contributed by atoms with Crippen molar-refractivity contribution in [2.24, 2.45) is 0 Å². The van der Waals surface area contributed by atoms with Gasteiger partial charge in [0.15, 0.2) is 6.61 Å². The van der Waals surface area contributed by atoms with Crippen LogP contribution in [0, 0.1) is 0 Å². The third-order valence-electron chi connectivity index (χ3n) is 5.66. The molecule has 0 unspecified atom stereocenters. The average molecular weight is 436 g/mol. The van der Waals surface area contributed by atoms with Gasteiger partial charge in [-0.2, -0.15) is 13.2 Å². The van der Waals surface area contributed by atoms with Crippen LogP contribution in [-0.2, 0) is 4.74 Å². The normalized spacial score (nSPS) is 20.0. The predicted octanol–water partition coefficient (Wildman–Crippen LogP) is 3.51. The maximum atomic E-state index is 12.5. The van der Waals surface area contributed by atoms with Crippen molar-refractivity contribution in [3.05, 3.63) is 28.7 Å². The van der Waals surface area contributed by atoms with Gasteiger partial charge in [0, 0.05) is 44.5 Å². The minimum absolute atomic E-state index is 0. The Kier molecular flexibility index (Phi) is 6.80. The number of hydrogen-bond donors (Lipinski definition) is 1. The molecule has 0 aliphatic carbocycles. The SMILES string of the molecule is Cl.O=c1[nH]c2ccc(OCC(F)(F)F)cc2n1C1CCN(C2CCOCC2)CC1. The largest absolute Gasteiger partial charge is 0.484 e. The van der Waals surface area contributed by atoms with Gasteiger partial charge in [-0.25, -0.2) is 4.79 Å². The zero-order valence-electron chi connectivity index (χ0n) is 15.9. The highest BCUT2D eigenvalue weighted by Crippen LogP contribution is 2.29. The first kappa shape index (κ1) is 22.0. The molecule has 0 amide bonds. The van der Waals surface area contributed by atoms with Crippen LogP contribution in [0.25, 0.3) is 11.0 Å². The van der Waals surface area contributed by atoms with Crippen LogP contribution in [0.2, 0.25) is 0 Å². The number of fused-ring (bicyclic) bond motifs is 1. The highest BCUT2D eigenvalue weighted by molar-refractivity contribution is 5.85. The number of alkyl halides is 3. The lowest BCUT2D eigenvalue weighted by Crippen LogP contribution is -2.45. The second-order valence-corrected chi connectivity index (χ2v) is 7.49. The van der Waals surface area contributed by atoms with Crippen LogP contribution < -0.4 is 10.4 Å². The summed E-state index contributed by atoms with van der Waals surface area (Å²) in [6, 6.07) is 5.12. The van der Waals surface area contributed by atoms with E-state index in [9.17, 15) is 18.0 Å². The Morgan fingerprint density at radius 1 is 1.10 bits per heavy atom. The van der Waals surface area contributed by atoms with Gasteiger partial charge in [0.25, 0.3) is 0 Å². The summed E-state index contributed by atoms with van der Waals surface area (Å²) in [5.41, 5.74) is 0.970. The topological polar surface area (TPSA) is 59.5 Å². The van der Waals surface area contributed by atoms with Gasteiger partial charge in [-0.15, -0.1) is 12.4 Å². The van der Waals surface area contributed by atoms with Crippen molar-refractivity contribution in [3.8, 4) is 5.75 Å². The number of aromatic nitrogens is 2. The minimum atomic E-state index is -4.40. The van der Waals surface area contributed by atoms with E-state index in [0.717, 1.165) is 52.0 Å². The van der Waals surface area contributed by atoms with E-state index in [-0.39, 0.29) is 29.9 Å². The Hall–Kier alpha value is -1.71. The van der Waals surface area contributed by atoms with Gasteiger partial charge < -0.3 is 19.4 Å². The lowest BCUT2D eigenvalue weighted by Gasteiger charge is -2.39. The van der Waals surface area contributed by atoms with E-state index in [1.807, 2.05) is 0 Å². The number of benzene rings is 1. The first-order chi connectivity index (χ1) is 13.4. The number of ether oxygens (including phenoxy) is 2. The molecule has 29 heavy (non-hydrogen) atoms. The maximum Gasteiger partial charge on any atom is 0.422 e. The second-order valence-electron chi connectivity index (χ2n) is 7.49. The monoisotopic (exact) mass is 435 g/mol. The molecular formula is C19H25ClF3N3O3.